The van der Waals surface area contributed by atoms with Gasteiger partial charge < -0.3 is 10.0 Å². The number of phenols is 1. The van der Waals surface area contributed by atoms with E-state index in [2.05, 4.69) is 4.90 Å². The van der Waals surface area contributed by atoms with Gasteiger partial charge in [-0.2, -0.15) is 13.2 Å². The molecule has 0 spiro atoms. The first-order valence-corrected chi connectivity index (χ1v) is 6.95. The van der Waals surface area contributed by atoms with E-state index in [1.54, 1.807) is 12.1 Å². The van der Waals surface area contributed by atoms with Gasteiger partial charge in [-0.15, -0.1) is 0 Å². The molecule has 1 heterocycles. The summed E-state index contributed by atoms with van der Waals surface area (Å²) < 4.78 is 37.8. The van der Waals surface area contributed by atoms with Gasteiger partial charge >= 0.3 is 6.18 Å². The predicted octanol–water partition coefficient (Wildman–Crippen LogP) is 3.60. The molecule has 5 heteroatoms. The van der Waals surface area contributed by atoms with Crippen molar-refractivity contribution in [3.8, 4) is 5.75 Å². The molecule has 2 rings (SSSR count). The van der Waals surface area contributed by atoms with Gasteiger partial charge in [-0.3, -0.25) is 0 Å². The van der Waals surface area contributed by atoms with Crippen LogP contribution in [0.5, 0.6) is 5.75 Å². The fraction of sp³-hybridized carbons (Fsp3) is 0.600. The molecule has 0 amide bonds. The number of aromatic hydroxyl groups is 1. The number of phenolic OH excluding ortho intramolecular Hbond substituents is 1. The zero-order valence-electron chi connectivity index (χ0n) is 11.5. The van der Waals surface area contributed by atoms with Crippen LogP contribution in [0.25, 0.3) is 0 Å². The van der Waals surface area contributed by atoms with Crippen molar-refractivity contribution in [2.75, 3.05) is 13.1 Å². The van der Waals surface area contributed by atoms with Crippen molar-refractivity contribution in [1.29, 1.82) is 0 Å². The van der Waals surface area contributed by atoms with Gasteiger partial charge in [-0.25, -0.2) is 0 Å². The number of piperidine rings is 1. The summed E-state index contributed by atoms with van der Waals surface area (Å²) in [5, 5.41) is 9.23. The Labute approximate surface area is 117 Å². The van der Waals surface area contributed by atoms with Crippen molar-refractivity contribution in [2.45, 2.75) is 38.4 Å². The Bertz CT molecular complexity index is 422. The zero-order chi connectivity index (χ0) is 14.8. The van der Waals surface area contributed by atoms with Crippen molar-refractivity contribution < 1.29 is 18.3 Å². The Morgan fingerprint density at radius 1 is 1.20 bits per heavy atom. The van der Waals surface area contributed by atoms with E-state index in [1.165, 1.54) is 0 Å². The first-order chi connectivity index (χ1) is 9.36. The van der Waals surface area contributed by atoms with Gasteiger partial charge in [0.15, 0.2) is 0 Å². The Morgan fingerprint density at radius 3 is 2.25 bits per heavy atom. The van der Waals surface area contributed by atoms with Crippen LogP contribution in [0.1, 0.15) is 25.3 Å². The van der Waals surface area contributed by atoms with Crippen molar-refractivity contribution in [3.05, 3.63) is 29.8 Å². The second-order valence-corrected chi connectivity index (χ2v) is 5.57. The topological polar surface area (TPSA) is 23.5 Å². The first-order valence-electron chi connectivity index (χ1n) is 6.95. The highest BCUT2D eigenvalue weighted by Gasteiger charge is 2.41. The first kappa shape index (κ1) is 15.2. The maximum absolute atomic E-state index is 12.6. The summed E-state index contributed by atoms with van der Waals surface area (Å²) in [6, 6.07) is 7.20. The standard InChI is InChI=1S/C15H20F3NO/c1-11(10-12-2-4-14(20)5-3-12)19-8-6-13(7-9-19)15(16,17)18/h2-5,11,13,20H,6-10H2,1H3. The molecule has 1 fully saturated rings. The third-order valence-corrected chi connectivity index (χ3v) is 4.08. The molecule has 0 bridgehead atoms. The van der Waals surface area contributed by atoms with Crippen LogP contribution in [0, 0.1) is 5.92 Å². The number of hydrogen-bond acceptors (Lipinski definition) is 2. The Balaban J connectivity index is 1.85. The van der Waals surface area contributed by atoms with Gasteiger partial charge in [-0.05, 0) is 57.0 Å². The molecule has 1 aliphatic rings. The highest BCUT2D eigenvalue weighted by Crippen LogP contribution is 2.34. The van der Waals surface area contributed by atoms with E-state index in [0.29, 0.717) is 13.1 Å². The molecular formula is C15H20F3NO. The van der Waals surface area contributed by atoms with E-state index >= 15 is 0 Å². The van der Waals surface area contributed by atoms with E-state index in [0.717, 1.165) is 12.0 Å². The summed E-state index contributed by atoms with van der Waals surface area (Å²) in [4.78, 5) is 2.12. The predicted molar refractivity (Wildman–Crippen MR) is 71.6 cm³/mol. The van der Waals surface area contributed by atoms with Crippen LogP contribution in [0.15, 0.2) is 24.3 Å². The average Bonchev–Trinajstić information content (AvgIpc) is 2.40. The minimum Gasteiger partial charge on any atom is -0.508 e. The van der Waals surface area contributed by atoms with Crippen LogP contribution in [0.4, 0.5) is 13.2 Å². The number of halogens is 3. The number of rotatable bonds is 3. The van der Waals surface area contributed by atoms with Crippen molar-refractivity contribution in [3.63, 3.8) is 0 Å². The van der Waals surface area contributed by atoms with Gasteiger partial charge in [0.05, 0.1) is 5.92 Å². The Morgan fingerprint density at radius 2 is 1.75 bits per heavy atom. The molecule has 0 radical (unpaired) electrons. The molecule has 1 aliphatic heterocycles. The smallest absolute Gasteiger partial charge is 0.391 e. The van der Waals surface area contributed by atoms with Crippen LogP contribution >= 0.6 is 0 Å². The van der Waals surface area contributed by atoms with Gasteiger partial charge in [0.1, 0.15) is 5.75 Å². The second-order valence-electron chi connectivity index (χ2n) is 5.57. The van der Waals surface area contributed by atoms with Crippen LogP contribution in [0.3, 0.4) is 0 Å². The monoisotopic (exact) mass is 287 g/mol. The molecule has 20 heavy (non-hydrogen) atoms. The molecule has 1 aromatic carbocycles. The van der Waals surface area contributed by atoms with Gasteiger partial charge in [0.25, 0.3) is 0 Å². The Kier molecular flexibility index (Phi) is 4.58. The Hall–Kier alpha value is -1.23. The SMILES string of the molecule is CC(Cc1ccc(O)cc1)N1CCC(C(F)(F)F)CC1. The summed E-state index contributed by atoms with van der Waals surface area (Å²) >= 11 is 0. The molecule has 1 aromatic rings. The maximum atomic E-state index is 12.6. The third kappa shape index (κ3) is 3.88. The summed E-state index contributed by atoms with van der Waals surface area (Å²) in [5.74, 6) is -0.910. The largest absolute Gasteiger partial charge is 0.508 e. The maximum Gasteiger partial charge on any atom is 0.391 e. The van der Waals surface area contributed by atoms with Crippen LogP contribution in [-0.4, -0.2) is 35.3 Å². The van der Waals surface area contributed by atoms with Gasteiger partial charge in [-0.1, -0.05) is 12.1 Å². The van der Waals surface area contributed by atoms with E-state index in [9.17, 15) is 18.3 Å². The summed E-state index contributed by atoms with van der Waals surface area (Å²) in [6.07, 6.45) is -2.86. The van der Waals surface area contributed by atoms with Crippen molar-refractivity contribution >= 4 is 0 Å². The molecule has 0 saturated carbocycles. The van der Waals surface area contributed by atoms with Crippen LogP contribution in [0.2, 0.25) is 0 Å². The molecule has 1 unspecified atom stereocenters. The third-order valence-electron chi connectivity index (χ3n) is 4.08. The van der Waals surface area contributed by atoms with Gasteiger partial charge in [0.2, 0.25) is 0 Å². The molecule has 112 valence electrons. The molecule has 0 aliphatic carbocycles. The average molecular weight is 287 g/mol. The van der Waals surface area contributed by atoms with Crippen molar-refractivity contribution in [2.24, 2.45) is 5.92 Å². The van der Waals surface area contributed by atoms with E-state index in [4.69, 9.17) is 0 Å². The lowest BCUT2D eigenvalue weighted by Crippen LogP contribution is -2.43. The normalized spacial score (nSPS) is 20.0. The van der Waals surface area contributed by atoms with E-state index < -0.39 is 12.1 Å². The lowest BCUT2D eigenvalue weighted by atomic mass is 9.94. The second kappa shape index (κ2) is 6.04. The van der Waals surface area contributed by atoms with Crippen LogP contribution in [-0.2, 0) is 6.42 Å². The van der Waals surface area contributed by atoms with Crippen molar-refractivity contribution in [1.82, 2.24) is 4.90 Å². The minimum absolute atomic E-state index is 0.198. The van der Waals surface area contributed by atoms with Gasteiger partial charge in [0, 0.05) is 6.04 Å². The highest BCUT2D eigenvalue weighted by atomic mass is 19.4. The molecule has 1 N–H and O–H groups in total. The van der Waals surface area contributed by atoms with E-state index in [-0.39, 0.29) is 24.6 Å². The lowest BCUT2D eigenvalue weighted by Gasteiger charge is -2.36. The quantitative estimate of drug-likeness (QED) is 0.918. The summed E-state index contributed by atoms with van der Waals surface area (Å²) in [6.45, 7) is 3.05. The molecule has 1 atom stereocenters. The lowest BCUT2D eigenvalue weighted by molar-refractivity contribution is -0.186. The summed E-state index contributed by atoms with van der Waals surface area (Å²) in [5.41, 5.74) is 1.09. The van der Waals surface area contributed by atoms with E-state index in [1.807, 2.05) is 19.1 Å². The number of likely N-dealkylation sites (tertiary alicyclic amines) is 1. The number of alkyl halides is 3. The summed E-state index contributed by atoms with van der Waals surface area (Å²) in [7, 11) is 0. The highest BCUT2D eigenvalue weighted by molar-refractivity contribution is 5.26. The number of hydrogen-bond donors (Lipinski definition) is 1. The fourth-order valence-electron chi connectivity index (χ4n) is 2.77. The molecular weight excluding hydrogens is 267 g/mol. The van der Waals surface area contributed by atoms with Crippen LogP contribution < -0.4 is 0 Å². The molecule has 0 aromatic heterocycles. The molecule has 2 nitrogen and oxygen atoms in total. The zero-order valence-corrected chi connectivity index (χ0v) is 11.5. The number of benzene rings is 1. The minimum atomic E-state index is -4.05. The fourth-order valence-corrected chi connectivity index (χ4v) is 2.77. The molecule has 1 saturated heterocycles. The number of nitrogens with zero attached hydrogens (tertiary/aromatic N) is 1.